The van der Waals surface area contributed by atoms with E-state index >= 15 is 0 Å². The largest absolute Gasteiger partial charge is 0.490 e. The summed E-state index contributed by atoms with van der Waals surface area (Å²) in [6, 6.07) is 10.2. The van der Waals surface area contributed by atoms with Gasteiger partial charge < -0.3 is 14.8 Å². The molecule has 4 N–H and O–H groups in total. The smallest absolute Gasteiger partial charge is 0.240 e. The summed E-state index contributed by atoms with van der Waals surface area (Å²) < 4.78 is 51.8. The van der Waals surface area contributed by atoms with Crippen LogP contribution in [-0.2, 0) is 14.8 Å². The Labute approximate surface area is 184 Å². The summed E-state index contributed by atoms with van der Waals surface area (Å²) in [6.07, 6.45) is 0.552. The van der Waals surface area contributed by atoms with Gasteiger partial charge in [-0.3, -0.25) is 15.6 Å². The van der Waals surface area contributed by atoms with Crippen molar-refractivity contribution in [2.45, 2.75) is 17.7 Å². The van der Waals surface area contributed by atoms with Gasteiger partial charge in [-0.1, -0.05) is 12.1 Å². The fraction of sp³-hybridized carbons (Fsp3) is 0.263. The molecular formula is C19H21FN4O5S2. The van der Waals surface area contributed by atoms with Crippen molar-refractivity contribution in [1.29, 1.82) is 0 Å². The van der Waals surface area contributed by atoms with Crippen LogP contribution in [0.1, 0.15) is 12.8 Å². The third-order valence-corrected chi connectivity index (χ3v) is 5.77. The molecule has 0 fully saturated rings. The highest BCUT2D eigenvalue weighted by Crippen LogP contribution is 2.31. The predicted molar refractivity (Wildman–Crippen MR) is 116 cm³/mol. The lowest BCUT2D eigenvalue weighted by molar-refractivity contribution is -0.121. The number of nitrogens with one attached hydrogen (secondary N) is 4. The summed E-state index contributed by atoms with van der Waals surface area (Å²) in [6.45, 7) is 0.794. The number of carbonyl (C=O) groups is 1. The molecule has 1 amide bonds. The molecule has 0 radical (unpaired) electrons. The molecule has 3 rings (SSSR count). The Morgan fingerprint density at radius 2 is 1.81 bits per heavy atom. The van der Waals surface area contributed by atoms with Gasteiger partial charge in [-0.2, -0.15) is 0 Å². The number of hydrogen-bond donors (Lipinski definition) is 4. The molecule has 2 aromatic rings. The van der Waals surface area contributed by atoms with Gasteiger partial charge in [-0.15, -0.1) is 0 Å². The quantitative estimate of drug-likeness (QED) is 0.374. The molecule has 0 atom stereocenters. The van der Waals surface area contributed by atoms with E-state index in [1.54, 1.807) is 6.07 Å². The van der Waals surface area contributed by atoms with Crippen molar-refractivity contribution in [3.8, 4) is 11.5 Å². The topological polar surface area (TPSA) is 118 Å². The molecule has 0 bridgehead atoms. The second-order valence-corrected chi connectivity index (χ2v) is 8.59. The number of hydrazine groups is 1. The summed E-state index contributed by atoms with van der Waals surface area (Å²) in [5.74, 6) is -0.166. The number of rotatable bonds is 6. The molecule has 0 saturated heterocycles. The summed E-state index contributed by atoms with van der Waals surface area (Å²) in [7, 11) is -3.84. The highest BCUT2D eigenvalue weighted by Gasteiger charge is 2.19. The Hall–Kier alpha value is -2.96. The lowest BCUT2D eigenvalue weighted by Gasteiger charge is -2.13. The minimum Gasteiger partial charge on any atom is -0.490 e. The zero-order valence-corrected chi connectivity index (χ0v) is 17.9. The first-order chi connectivity index (χ1) is 14.8. The Balaban J connectivity index is 1.45. The van der Waals surface area contributed by atoms with Gasteiger partial charge in [-0.05, 0) is 36.5 Å². The van der Waals surface area contributed by atoms with Crippen LogP contribution in [0.3, 0.4) is 0 Å². The summed E-state index contributed by atoms with van der Waals surface area (Å²) in [5, 5.41) is 2.57. The molecule has 166 valence electrons. The van der Waals surface area contributed by atoms with Crippen molar-refractivity contribution in [3.05, 3.63) is 48.3 Å². The van der Waals surface area contributed by atoms with Crippen LogP contribution >= 0.6 is 12.2 Å². The lowest BCUT2D eigenvalue weighted by Crippen LogP contribution is -2.44. The number of benzene rings is 2. The molecule has 0 spiro atoms. The second kappa shape index (κ2) is 10.4. The van der Waals surface area contributed by atoms with Crippen LogP contribution in [0.15, 0.2) is 47.4 Å². The van der Waals surface area contributed by atoms with E-state index in [0.717, 1.165) is 0 Å². The molecule has 2 aromatic carbocycles. The van der Waals surface area contributed by atoms with Crippen LogP contribution < -0.4 is 30.4 Å². The van der Waals surface area contributed by atoms with Gasteiger partial charge in [0.2, 0.25) is 15.9 Å². The van der Waals surface area contributed by atoms with E-state index in [-0.39, 0.29) is 28.7 Å². The molecule has 1 aliphatic rings. The summed E-state index contributed by atoms with van der Waals surface area (Å²) >= 11 is 4.97. The van der Waals surface area contributed by atoms with Gasteiger partial charge >= 0.3 is 0 Å². The Bertz CT molecular complexity index is 1070. The standard InChI is InChI=1S/C19H21FN4O5S2/c20-14-4-1-2-5-15(14)22-19(30)24-23-18(25)8-9-21-31(26,27)13-6-7-16-17(12-13)29-11-3-10-28-16/h1-2,4-7,12,21H,3,8-11H2,(H,23,25)(H2,22,24,30). The van der Waals surface area contributed by atoms with Crippen molar-refractivity contribution < 1.29 is 27.1 Å². The zero-order valence-electron chi connectivity index (χ0n) is 16.3. The molecule has 9 nitrogen and oxygen atoms in total. The summed E-state index contributed by atoms with van der Waals surface area (Å²) in [5.41, 5.74) is 4.88. The normalized spacial score (nSPS) is 13.1. The van der Waals surface area contributed by atoms with Gasteiger partial charge in [0.1, 0.15) is 5.82 Å². The number of thiocarbonyl (C=S) groups is 1. The fourth-order valence-electron chi connectivity index (χ4n) is 2.60. The third-order valence-electron chi connectivity index (χ3n) is 4.11. The number of hydrogen-bond acceptors (Lipinski definition) is 6. The first-order valence-corrected chi connectivity index (χ1v) is 11.2. The van der Waals surface area contributed by atoms with Crippen LogP contribution in [0.5, 0.6) is 11.5 Å². The Morgan fingerprint density at radius 3 is 2.58 bits per heavy atom. The number of para-hydroxylation sites is 1. The first kappa shape index (κ1) is 22.7. The molecule has 0 aliphatic carbocycles. The number of carbonyl (C=O) groups excluding carboxylic acids is 1. The van der Waals surface area contributed by atoms with Crippen molar-refractivity contribution in [2.75, 3.05) is 25.1 Å². The van der Waals surface area contributed by atoms with Crippen molar-refractivity contribution in [1.82, 2.24) is 15.6 Å². The van der Waals surface area contributed by atoms with Crippen LogP contribution in [0, 0.1) is 5.82 Å². The van der Waals surface area contributed by atoms with Crippen LogP contribution in [0.2, 0.25) is 0 Å². The maximum Gasteiger partial charge on any atom is 0.240 e. The van der Waals surface area contributed by atoms with Crippen LogP contribution in [0.25, 0.3) is 0 Å². The van der Waals surface area contributed by atoms with E-state index in [0.29, 0.717) is 31.1 Å². The maximum absolute atomic E-state index is 13.6. The van der Waals surface area contributed by atoms with E-state index in [1.807, 2.05) is 0 Å². The zero-order chi connectivity index (χ0) is 22.3. The van der Waals surface area contributed by atoms with E-state index in [9.17, 15) is 17.6 Å². The van der Waals surface area contributed by atoms with Crippen molar-refractivity contribution in [3.63, 3.8) is 0 Å². The van der Waals surface area contributed by atoms with Crippen LogP contribution in [-0.4, -0.2) is 39.2 Å². The first-order valence-electron chi connectivity index (χ1n) is 9.35. The average molecular weight is 469 g/mol. The third kappa shape index (κ3) is 6.51. The Morgan fingerprint density at radius 1 is 1.06 bits per heavy atom. The number of halogens is 1. The molecular weight excluding hydrogens is 447 g/mol. The van der Waals surface area contributed by atoms with Gasteiger partial charge in [-0.25, -0.2) is 17.5 Å². The molecule has 31 heavy (non-hydrogen) atoms. The predicted octanol–water partition coefficient (Wildman–Crippen LogP) is 1.67. The van der Waals surface area contributed by atoms with E-state index in [2.05, 4.69) is 20.9 Å². The highest BCUT2D eigenvalue weighted by atomic mass is 32.2. The highest BCUT2D eigenvalue weighted by molar-refractivity contribution is 7.89. The maximum atomic E-state index is 13.6. The average Bonchev–Trinajstić information content (AvgIpc) is 2.99. The number of ether oxygens (including phenoxy) is 2. The Kier molecular flexibility index (Phi) is 7.60. The monoisotopic (exact) mass is 468 g/mol. The number of amides is 1. The van der Waals surface area contributed by atoms with Gasteiger partial charge in [0.15, 0.2) is 16.6 Å². The SMILES string of the molecule is O=C(CCNS(=O)(=O)c1ccc2c(c1)OCCCO2)NNC(=S)Nc1ccccc1F. The fourth-order valence-corrected chi connectivity index (χ4v) is 3.81. The summed E-state index contributed by atoms with van der Waals surface area (Å²) in [4.78, 5) is 11.9. The molecule has 1 aliphatic heterocycles. The minimum absolute atomic E-state index is 0.00514. The number of sulfonamides is 1. The van der Waals surface area contributed by atoms with Crippen molar-refractivity contribution in [2.24, 2.45) is 0 Å². The van der Waals surface area contributed by atoms with Crippen molar-refractivity contribution >= 4 is 38.9 Å². The van der Waals surface area contributed by atoms with Gasteiger partial charge in [0.25, 0.3) is 0 Å². The van der Waals surface area contributed by atoms with Gasteiger partial charge in [0, 0.05) is 25.5 Å². The lowest BCUT2D eigenvalue weighted by atomic mass is 10.3. The number of fused-ring (bicyclic) bond motifs is 1. The number of anilines is 1. The minimum atomic E-state index is -3.84. The van der Waals surface area contributed by atoms with E-state index < -0.39 is 21.7 Å². The molecule has 0 saturated carbocycles. The second-order valence-electron chi connectivity index (χ2n) is 6.41. The van der Waals surface area contributed by atoms with E-state index in [1.165, 1.54) is 36.4 Å². The van der Waals surface area contributed by atoms with E-state index in [4.69, 9.17) is 21.7 Å². The molecule has 0 unspecified atom stereocenters. The van der Waals surface area contributed by atoms with Gasteiger partial charge in [0.05, 0.1) is 23.8 Å². The van der Waals surface area contributed by atoms with Crippen LogP contribution in [0.4, 0.5) is 10.1 Å². The molecule has 0 aromatic heterocycles. The molecule has 12 heteroatoms. The molecule has 1 heterocycles.